The van der Waals surface area contributed by atoms with E-state index >= 15 is 0 Å². The zero-order valence-corrected chi connectivity index (χ0v) is 10.7. The minimum atomic E-state index is -0.502. The Labute approximate surface area is 114 Å². The van der Waals surface area contributed by atoms with Gasteiger partial charge in [-0.2, -0.15) is 0 Å². The van der Waals surface area contributed by atoms with E-state index in [2.05, 4.69) is 16.2 Å². The molecule has 106 valence electrons. The van der Waals surface area contributed by atoms with Gasteiger partial charge in [0.15, 0.2) is 13.2 Å². The number of ether oxygens (including phenoxy) is 2. The van der Waals surface area contributed by atoms with Crippen LogP contribution in [0.1, 0.15) is 6.92 Å². The van der Waals surface area contributed by atoms with Crippen molar-refractivity contribution in [2.75, 3.05) is 18.5 Å². The molecule has 1 aliphatic rings. The van der Waals surface area contributed by atoms with Gasteiger partial charge in [-0.15, -0.1) is 0 Å². The van der Waals surface area contributed by atoms with Gasteiger partial charge >= 0.3 is 0 Å². The molecule has 2 rings (SSSR count). The van der Waals surface area contributed by atoms with Gasteiger partial charge in [-0.05, 0) is 12.1 Å². The number of anilines is 1. The molecule has 3 N–H and O–H groups in total. The number of carbonyl (C=O) groups is 3. The molecule has 1 aliphatic heterocycles. The molecule has 0 saturated heterocycles. The SMILES string of the molecule is CC(=O)NNC(=O)COc1ccc2c(c1)NC(=O)CO2. The zero-order chi connectivity index (χ0) is 14.5. The standard InChI is InChI=1S/C12H13N3O5/c1-7(16)14-15-12(18)6-19-8-2-3-10-9(4-8)13-11(17)5-20-10/h2-4H,5-6H2,1H3,(H,13,17)(H,14,16)(H,15,18). The average molecular weight is 279 g/mol. The monoisotopic (exact) mass is 279 g/mol. The minimum Gasteiger partial charge on any atom is -0.484 e. The highest BCUT2D eigenvalue weighted by molar-refractivity contribution is 5.95. The predicted octanol–water partition coefficient (Wildman–Crippen LogP) is -0.436. The van der Waals surface area contributed by atoms with E-state index in [4.69, 9.17) is 9.47 Å². The van der Waals surface area contributed by atoms with Crippen molar-refractivity contribution in [3.05, 3.63) is 18.2 Å². The van der Waals surface area contributed by atoms with E-state index in [-0.39, 0.29) is 25.0 Å². The summed E-state index contributed by atoms with van der Waals surface area (Å²) < 4.78 is 10.4. The van der Waals surface area contributed by atoms with Crippen LogP contribution in [0.15, 0.2) is 18.2 Å². The quantitative estimate of drug-likeness (QED) is 0.651. The highest BCUT2D eigenvalue weighted by atomic mass is 16.5. The van der Waals surface area contributed by atoms with Crippen LogP contribution in [0.2, 0.25) is 0 Å². The Morgan fingerprint density at radius 1 is 1.40 bits per heavy atom. The van der Waals surface area contributed by atoms with Gasteiger partial charge in [0, 0.05) is 13.0 Å². The molecular weight excluding hydrogens is 266 g/mol. The molecule has 0 bridgehead atoms. The molecule has 1 aromatic carbocycles. The van der Waals surface area contributed by atoms with Crippen molar-refractivity contribution in [3.8, 4) is 11.5 Å². The second-order valence-corrected chi connectivity index (χ2v) is 4.01. The number of rotatable bonds is 3. The van der Waals surface area contributed by atoms with E-state index < -0.39 is 5.91 Å². The topological polar surface area (TPSA) is 106 Å². The van der Waals surface area contributed by atoms with Crippen molar-refractivity contribution in [2.24, 2.45) is 0 Å². The molecule has 0 aliphatic carbocycles. The van der Waals surface area contributed by atoms with Gasteiger partial charge in [-0.25, -0.2) is 0 Å². The van der Waals surface area contributed by atoms with Crippen molar-refractivity contribution in [1.82, 2.24) is 10.9 Å². The molecule has 0 unspecified atom stereocenters. The second-order valence-electron chi connectivity index (χ2n) is 4.01. The zero-order valence-electron chi connectivity index (χ0n) is 10.7. The van der Waals surface area contributed by atoms with Gasteiger partial charge in [0.05, 0.1) is 5.69 Å². The summed E-state index contributed by atoms with van der Waals surface area (Å²) in [5, 5.41) is 2.63. The van der Waals surface area contributed by atoms with Crippen LogP contribution in [0.5, 0.6) is 11.5 Å². The molecular formula is C12H13N3O5. The van der Waals surface area contributed by atoms with Crippen molar-refractivity contribution >= 4 is 23.4 Å². The van der Waals surface area contributed by atoms with Crippen LogP contribution >= 0.6 is 0 Å². The Morgan fingerprint density at radius 3 is 2.95 bits per heavy atom. The van der Waals surface area contributed by atoms with Gasteiger partial charge in [-0.1, -0.05) is 0 Å². The molecule has 1 heterocycles. The smallest absolute Gasteiger partial charge is 0.276 e. The number of carbonyl (C=O) groups excluding carboxylic acids is 3. The number of benzene rings is 1. The lowest BCUT2D eigenvalue weighted by Crippen LogP contribution is -2.42. The van der Waals surface area contributed by atoms with E-state index in [9.17, 15) is 14.4 Å². The fourth-order valence-electron chi connectivity index (χ4n) is 1.49. The molecule has 1 aromatic rings. The van der Waals surface area contributed by atoms with Gasteiger partial charge in [0.25, 0.3) is 11.8 Å². The Morgan fingerprint density at radius 2 is 2.20 bits per heavy atom. The maximum atomic E-state index is 11.3. The van der Waals surface area contributed by atoms with E-state index in [0.717, 1.165) is 0 Å². The summed E-state index contributed by atoms with van der Waals surface area (Å²) in [6.07, 6.45) is 0. The Balaban J connectivity index is 1.90. The average Bonchev–Trinajstić information content (AvgIpc) is 2.42. The van der Waals surface area contributed by atoms with Crippen molar-refractivity contribution in [1.29, 1.82) is 0 Å². The first kappa shape index (κ1) is 13.7. The molecule has 20 heavy (non-hydrogen) atoms. The van der Waals surface area contributed by atoms with E-state index in [1.54, 1.807) is 18.2 Å². The molecule has 3 amide bonds. The predicted molar refractivity (Wildman–Crippen MR) is 68.0 cm³/mol. The molecule has 0 fully saturated rings. The van der Waals surface area contributed by atoms with Gasteiger partial charge in [0.2, 0.25) is 5.91 Å². The summed E-state index contributed by atoms with van der Waals surface area (Å²) in [6, 6.07) is 4.80. The van der Waals surface area contributed by atoms with Crippen molar-refractivity contribution in [3.63, 3.8) is 0 Å². The number of amides is 3. The Bertz CT molecular complexity index is 558. The summed E-state index contributed by atoms with van der Waals surface area (Å²) in [5.41, 5.74) is 4.79. The Kier molecular flexibility index (Phi) is 4.04. The largest absolute Gasteiger partial charge is 0.484 e. The van der Waals surface area contributed by atoms with Crippen LogP contribution in [-0.2, 0) is 14.4 Å². The summed E-state index contributed by atoms with van der Waals surface area (Å²) in [5.74, 6) is -0.199. The third kappa shape index (κ3) is 3.61. The first-order valence-corrected chi connectivity index (χ1v) is 5.79. The molecule has 0 radical (unpaired) electrons. The van der Waals surface area contributed by atoms with E-state index in [1.807, 2.05) is 0 Å². The second kappa shape index (κ2) is 5.91. The molecule has 0 atom stereocenters. The summed E-state index contributed by atoms with van der Waals surface area (Å²) in [4.78, 5) is 33.1. The first-order valence-electron chi connectivity index (χ1n) is 5.79. The maximum Gasteiger partial charge on any atom is 0.276 e. The third-order valence-electron chi connectivity index (χ3n) is 2.33. The lowest BCUT2D eigenvalue weighted by Gasteiger charge is -2.18. The molecule has 8 nitrogen and oxygen atoms in total. The highest BCUT2D eigenvalue weighted by Crippen LogP contribution is 2.31. The molecule has 8 heteroatoms. The summed E-state index contributed by atoms with van der Waals surface area (Å²) in [7, 11) is 0. The maximum absolute atomic E-state index is 11.3. The van der Waals surface area contributed by atoms with Gasteiger partial charge in [0.1, 0.15) is 11.5 Å². The highest BCUT2D eigenvalue weighted by Gasteiger charge is 2.16. The third-order valence-corrected chi connectivity index (χ3v) is 2.33. The summed E-state index contributed by atoms with van der Waals surface area (Å²) >= 11 is 0. The first-order chi connectivity index (χ1) is 9.54. The van der Waals surface area contributed by atoms with Gasteiger partial charge < -0.3 is 14.8 Å². The Hall–Kier alpha value is -2.77. The fraction of sp³-hybridized carbons (Fsp3) is 0.250. The number of hydrazine groups is 1. The van der Waals surface area contributed by atoms with Crippen LogP contribution in [0, 0.1) is 0 Å². The molecule has 0 saturated carbocycles. The normalized spacial score (nSPS) is 12.6. The fourth-order valence-corrected chi connectivity index (χ4v) is 1.49. The van der Waals surface area contributed by atoms with Crippen molar-refractivity contribution in [2.45, 2.75) is 6.92 Å². The van der Waals surface area contributed by atoms with Crippen LogP contribution in [-0.4, -0.2) is 30.9 Å². The van der Waals surface area contributed by atoms with Crippen LogP contribution < -0.4 is 25.6 Å². The number of nitrogens with one attached hydrogen (secondary N) is 3. The minimum absolute atomic E-state index is 0.0215. The van der Waals surface area contributed by atoms with E-state index in [1.165, 1.54) is 6.92 Å². The van der Waals surface area contributed by atoms with Crippen LogP contribution in [0.3, 0.4) is 0 Å². The van der Waals surface area contributed by atoms with Crippen LogP contribution in [0.4, 0.5) is 5.69 Å². The van der Waals surface area contributed by atoms with Gasteiger partial charge in [-0.3, -0.25) is 25.2 Å². The molecule has 0 spiro atoms. The van der Waals surface area contributed by atoms with Crippen molar-refractivity contribution < 1.29 is 23.9 Å². The number of hydrogen-bond donors (Lipinski definition) is 3. The number of fused-ring (bicyclic) bond motifs is 1. The lowest BCUT2D eigenvalue weighted by atomic mass is 10.2. The molecule has 0 aromatic heterocycles. The lowest BCUT2D eigenvalue weighted by molar-refractivity contribution is -0.129. The van der Waals surface area contributed by atoms with Crippen LogP contribution in [0.25, 0.3) is 0 Å². The number of hydrogen-bond acceptors (Lipinski definition) is 5. The van der Waals surface area contributed by atoms with E-state index in [0.29, 0.717) is 17.2 Å². The summed E-state index contributed by atoms with van der Waals surface area (Å²) in [6.45, 7) is 0.980.